The Hall–Kier alpha value is -2.60. The van der Waals surface area contributed by atoms with Crippen molar-refractivity contribution in [2.75, 3.05) is 13.7 Å². The van der Waals surface area contributed by atoms with Crippen LogP contribution in [0.1, 0.15) is 45.0 Å². The molecule has 0 aliphatic rings. The Kier molecular flexibility index (Phi) is 10.6. The number of amides is 1. The van der Waals surface area contributed by atoms with Crippen LogP contribution in [0.2, 0.25) is 0 Å². The van der Waals surface area contributed by atoms with Crippen molar-refractivity contribution in [2.24, 2.45) is 0 Å². The lowest BCUT2D eigenvalue weighted by Crippen LogP contribution is -2.29. The zero-order valence-corrected chi connectivity index (χ0v) is 16.3. The van der Waals surface area contributed by atoms with Crippen molar-refractivity contribution in [2.45, 2.75) is 40.3 Å². The van der Waals surface area contributed by atoms with Crippen molar-refractivity contribution in [3.8, 4) is 11.5 Å². The van der Waals surface area contributed by atoms with E-state index in [0.29, 0.717) is 23.7 Å². The average Bonchev–Trinajstić information content (AvgIpc) is 2.69. The van der Waals surface area contributed by atoms with Gasteiger partial charge >= 0.3 is 0 Å². The molecule has 0 aliphatic carbocycles. The van der Waals surface area contributed by atoms with Crippen LogP contribution >= 0.6 is 0 Å². The lowest BCUT2D eigenvalue weighted by Gasteiger charge is -2.10. The molecule has 0 radical (unpaired) electrons. The van der Waals surface area contributed by atoms with E-state index in [4.69, 9.17) is 9.47 Å². The van der Waals surface area contributed by atoms with Crippen molar-refractivity contribution < 1.29 is 24.8 Å². The van der Waals surface area contributed by atoms with E-state index in [1.165, 1.54) is 0 Å². The lowest BCUT2D eigenvalue weighted by molar-refractivity contribution is -0.0284. The molecule has 27 heavy (non-hydrogen) atoms. The van der Waals surface area contributed by atoms with Crippen LogP contribution in [0.3, 0.4) is 0 Å². The maximum absolute atomic E-state index is 11.9. The maximum atomic E-state index is 11.9. The number of carbonyl (C=O) groups is 1. The van der Waals surface area contributed by atoms with E-state index in [1.54, 1.807) is 36.4 Å². The number of halogens is 1. The van der Waals surface area contributed by atoms with E-state index < -0.39 is 6.86 Å². The highest BCUT2D eigenvalue weighted by atomic mass is 19.1. The molecule has 0 aliphatic heterocycles. The summed E-state index contributed by atoms with van der Waals surface area (Å²) in [4.78, 5) is 11.9. The topological polar surface area (TPSA) is 56.8 Å². The number of hydrogen-bond donors (Lipinski definition) is 1. The first-order valence-corrected chi connectivity index (χ1v) is 8.97. The molecule has 0 saturated carbocycles. The first-order chi connectivity index (χ1) is 13.1. The van der Waals surface area contributed by atoms with E-state index in [2.05, 4.69) is 10.1 Å². The highest BCUT2D eigenvalue weighted by Crippen LogP contribution is 2.19. The van der Waals surface area contributed by atoms with Gasteiger partial charge in [-0.05, 0) is 55.8 Å². The lowest BCUT2D eigenvalue weighted by atomic mass is 10.1. The van der Waals surface area contributed by atoms with Crippen molar-refractivity contribution in [1.29, 1.82) is 0 Å². The number of rotatable bonds is 9. The standard InChI is InChI=1S/C19H22FNO4.C2H6.H2/c1-14(2)21-19(22)16-5-3-15(4-6-16)11-24-17-7-9-18(10-8-17)25-13-23-12-20;1-2;/h3-10,14H,11-13H2,1-2H3,(H,21,22);1-2H3;1H. The molecule has 0 atom stereocenters. The number of carbonyl (C=O) groups excluding carboxylic acids is 1. The molecule has 0 fully saturated rings. The van der Waals surface area contributed by atoms with Crippen LogP contribution in [0.25, 0.3) is 0 Å². The van der Waals surface area contributed by atoms with Crippen LogP contribution in [-0.4, -0.2) is 25.6 Å². The molecular weight excluding hydrogens is 349 g/mol. The van der Waals surface area contributed by atoms with E-state index >= 15 is 0 Å². The van der Waals surface area contributed by atoms with Crippen LogP contribution < -0.4 is 14.8 Å². The highest BCUT2D eigenvalue weighted by molar-refractivity contribution is 5.94. The first kappa shape index (κ1) is 22.4. The predicted molar refractivity (Wildman–Crippen MR) is 106 cm³/mol. The summed E-state index contributed by atoms with van der Waals surface area (Å²) in [6.07, 6.45) is 0. The fourth-order valence-corrected chi connectivity index (χ4v) is 2.04. The molecule has 1 amide bonds. The summed E-state index contributed by atoms with van der Waals surface area (Å²) in [6.45, 7) is 7.22. The smallest absolute Gasteiger partial charge is 0.251 e. The molecule has 2 aromatic carbocycles. The Morgan fingerprint density at radius 3 is 2.07 bits per heavy atom. The number of ether oxygens (including phenoxy) is 3. The normalized spacial score (nSPS) is 10.0. The summed E-state index contributed by atoms with van der Waals surface area (Å²) in [6, 6.07) is 14.3. The van der Waals surface area contributed by atoms with E-state index in [1.807, 2.05) is 39.8 Å². The van der Waals surface area contributed by atoms with Crippen LogP contribution in [0, 0.1) is 0 Å². The van der Waals surface area contributed by atoms with Gasteiger partial charge in [-0.2, -0.15) is 0 Å². The fraction of sp³-hybridized carbons (Fsp3) is 0.381. The second kappa shape index (κ2) is 12.7. The molecule has 0 unspecified atom stereocenters. The highest BCUT2D eigenvalue weighted by Gasteiger charge is 2.06. The summed E-state index contributed by atoms with van der Waals surface area (Å²) in [5, 5.41) is 2.85. The SMILES string of the molecule is CC.CC(C)NC(=O)c1ccc(COc2ccc(OCOCF)cc2)cc1.[HH]. The summed E-state index contributed by atoms with van der Waals surface area (Å²) < 4.78 is 27.1. The van der Waals surface area contributed by atoms with Gasteiger partial charge in [0, 0.05) is 13.0 Å². The van der Waals surface area contributed by atoms with Crippen molar-refractivity contribution in [1.82, 2.24) is 5.32 Å². The van der Waals surface area contributed by atoms with Gasteiger partial charge in [-0.25, -0.2) is 4.39 Å². The third-order valence-corrected chi connectivity index (χ3v) is 3.25. The molecule has 0 aromatic heterocycles. The maximum Gasteiger partial charge on any atom is 0.251 e. The van der Waals surface area contributed by atoms with Gasteiger partial charge in [0.1, 0.15) is 18.1 Å². The Balaban J connectivity index is 0.00000235. The number of hydrogen-bond acceptors (Lipinski definition) is 4. The van der Waals surface area contributed by atoms with Gasteiger partial charge in [-0.3, -0.25) is 4.79 Å². The van der Waals surface area contributed by atoms with Crippen LogP contribution in [-0.2, 0) is 11.3 Å². The first-order valence-electron chi connectivity index (χ1n) is 8.97. The molecule has 2 rings (SSSR count). The van der Waals surface area contributed by atoms with E-state index in [9.17, 15) is 9.18 Å². The minimum Gasteiger partial charge on any atom is -0.489 e. The molecule has 0 bridgehead atoms. The van der Waals surface area contributed by atoms with Gasteiger partial charge in [0.2, 0.25) is 0 Å². The molecule has 6 heteroatoms. The monoisotopic (exact) mass is 379 g/mol. The minimum absolute atomic E-state index is 0. The van der Waals surface area contributed by atoms with Crippen molar-refractivity contribution in [3.05, 3.63) is 59.7 Å². The third kappa shape index (κ3) is 8.55. The number of alkyl halides is 1. The van der Waals surface area contributed by atoms with E-state index in [0.717, 1.165) is 5.56 Å². The molecular formula is C21H30FNO4. The van der Waals surface area contributed by atoms with Crippen molar-refractivity contribution >= 4 is 5.91 Å². The number of benzene rings is 2. The summed E-state index contributed by atoms with van der Waals surface area (Å²) >= 11 is 0. The fourth-order valence-electron chi connectivity index (χ4n) is 2.04. The Morgan fingerprint density at radius 1 is 1.00 bits per heavy atom. The van der Waals surface area contributed by atoms with Gasteiger partial charge in [0.25, 0.3) is 5.91 Å². The van der Waals surface area contributed by atoms with Gasteiger partial charge in [-0.15, -0.1) is 0 Å². The molecule has 2 aromatic rings. The van der Waals surface area contributed by atoms with Crippen LogP contribution in [0.5, 0.6) is 11.5 Å². The third-order valence-electron chi connectivity index (χ3n) is 3.25. The number of nitrogens with one attached hydrogen (secondary N) is 1. The molecule has 5 nitrogen and oxygen atoms in total. The average molecular weight is 379 g/mol. The largest absolute Gasteiger partial charge is 0.489 e. The van der Waals surface area contributed by atoms with Gasteiger partial charge in [-0.1, -0.05) is 26.0 Å². The molecule has 0 heterocycles. The zero-order valence-electron chi connectivity index (χ0n) is 16.3. The Labute approximate surface area is 161 Å². The van der Waals surface area contributed by atoms with Gasteiger partial charge < -0.3 is 19.5 Å². The van der Waals surface area contributed by atoms with Crippen LogP contribution in [0.4, 0.5) is 4.39 Å². The van der Waals surface area contributed by atoms with Crippen LogP contribution in [0.15, 0.2) is 48.5 Å². The second-order valence-electron chi connectivity index (χ2n) is 5.66. The van der Waals surface area contributed by atoms with Gasteiger partial charge in [0.15, 0.2) is 13.7 Å². The Bertz CT molecular complexity index is 663. The Morgan fingerprint density at radius 2 is 1.56 bits per heavy atom. The second-order valence-corrected chi connectivity index (χ2v) is 5.66. The molecule has 150 valence electrons. The van der Waals surface area contributed by atoms with E-state index in [-0.39, 0.29) is 20.2 Å². The van der Waals surface area contributed by atoms with Gasteiger partial charge in [0.05, 0.1) is 0 Å². The molecule has 0 spiro atoms. The summed E-state index contributed by atoms with van der Waals surface area (Å²) in [7, 11) is 0. The molecule has 0 saturated heterocycles. The summed E-state index contributed by atoms with van der Waals surface area (Å²) in [5.41, 5.74) is 1.58. The predicted octanol–water partition coefficient (Wildman–Crippen LogP) is 4.96. The quantitative estimate of drug-likeness (QED) is 0.494. The molecule has 1 N–H and O–H groups in total. The zero-order chi connectivity index (χ0) is 20.1. The minimum atomic E-state index is -0.876. The van der Waals surface area contributed by atoms with Crippen molar-refractivity contribution in [3.63, 3.8) is 0 Å². The summed E-state index contributed by atoms with van der Waals surface area (Å²) in [5.74, 6) is 1.16.